The summed E-state index contributed by atoms with van der Waals surface area (Å²) < 4.78 is 6.95. The minimum atomic E-state index is 0.398. The summed E-state index contributed by atoms with van der Waals surface area (Å²) >= 11 is 6.22. The Morgan fingerprint density at radius 2 is 2.16 bits per heavy atom. The van der Waals surface area contributed by atoms with Gasteiger partial charge in [-0.15, -0.1) is 5.10 Å². The van der Waals surface area contributed by atoms with E-state index in [2.05, 4.69) is 20.8 Å². The lowest BCUT2D eigenvalue weighted by molar-refractivity contribution is 0.0904. The molecular formula is C12H14ClN5O. The van der Waals surface area contributed by atoms with Crippen molar-refractivity contribution in [1.82, 2.24) is 20.2 Å². The molecule has 100 valence electrons. The molecule has 19 heavy (non-hydrogen) atoms. The second-order valence-corrected chi connectivity index (χ2v) is 4.86. The highest BCUT2D eigenvalue weighted by molar-refractivity contribution is 6.33. The van der Waals surface area contributed by atoms with E-state index in [0.717, 1.165) is 37.4 Å². The first kappa shape index (κ1) is 12.4. The van der Waals surface area contributed by atoms with Crippen molar-refractivity contribution in [1.29, 1.82) is 0 Å². The van der Waals surface area contributed by atoms with Gasteiger partial charge in [0.1, 0.15) is 6.33 Å². The normalized spacial score (nSPS) is 16.5. The van der Waals surface area contributed by atoms with Gasteiger partial charge >= 0.3 is 0 Å². The van der Waals surface area contributed by atoms with Crippen LogP contribution in [0.1, 0.15) is 12.8 Å². The van der Waals surface area contributed by atoms with E-state index >= 15 is 0 Å². The summed E-state index contributed by atoms with van der Waals surface area (Å²) in [6.45, 7) is 1.59. The molecule has 0 amide bonds. The zero-order chi connectivity index (χ0) is 13.1. The number of rotatable bonds is 3. The lowest BCUT2D eigenvalue weighted by Gasteiger charge is -2.24. The van der Waals surface area contributed by atoms with Crippen LogP contribution >= 0.6 is 11.6 Å². The van der Waals surface area contributed by atoms with Crippen LogP contribution in [0.5, 0.6) is 0 Å². The average Bonchev–Trinajstić information content (AvgIpc) is 2.96. The van der Waals surface area contributed by atoms with Gasteiger partial charge in [0.05, 0.1) is 16.4 Å². The molecule has 2 heterocycles. The minimum Gasteiger partial charge on any atom is -0.381 e. The van der Waals surface area contributed by atoms with Crippen molar-refractivity contribution in [2.75, 3.05) is 18.5 Å². The standard InChI is InChI=1S/C12H14ClN5O/c13-11-2-1-10(18-8-14-16-17-18)7-12(11)15-9-3-5-19-6-4-9/h1-2,7-9,15H,3-6H2. The summed E-state index contributed by atoms with van der Waals surface area (Å²) in [6, 6.07) is 6.08. The largest absolute Gasteiger partial charge is 0.381 e. The number of nitrogens with zero attached hydrogens (tertiary/aromatic N) is 4. The van der Waals surface area contributed by atoms with Crippen LogP contribution in [0.2, 0.25) is 5.02 Å². The van der Waals surface area contributed by atoms with Crippen LogP contribution in [0.15, 0.2) is 24.5 Å². The molecule has 0 radical (unpaired) electrons. The van der Waals surface area contributed by atoms with Crippen LogP contribution < -0.4 is 5.32 Å². The van der Waals surface area contributed by atoms with Crippen LogP contribution in [0.25, 0.3) is 5.69 Å². The Balaban J connectivity index is 1.81. The quantitative estimate of drug-likeness (QED) is 0.930. The van der Waals surface area contributed by atoms with Gasteiger partial charge in [0.15, 0.2) is 0 Å². The first-order chi connectivity index (χ1) is 9.33. The number of hydrogen-bond donors (Lipinski definition) is 1. The van der Waals surface area contributed by atoms with Crippen LogP contribution in [0.4, 0.5) is 5.69 Å². The molecule has 0 aliphatic carbocycles. The highest BCUT2D eigenvalue weighted by Gasteiger charge is 2.15. The molecular weight excluding hydrogens is 266 g/mol. The fourth-order valence-electron chi connectivity index (χ4n) is 2.11. The molecule has 1 aromatic heterocycles. The van der Waals surface area contributed by atoms with E-state index in [1.165, 1.54) is 0 Å². The van der Waals surface area contributed by atoms with Gasteiger partial charge in [0, 0.05) is 19.3 Å². The van der Waals surface area contributed by atoms with E-state index in [9.17, 15) is 0 Å². The van der Waals surface area contributed by atoms with E-state index < -0.39 is 0 Å². The summed E-state index contributed by atoms with van der Waals surface area (Å²) in [5.74, 6) is 0. The number of aromatic nitrogens is 4. The Hall–Kier alpha value is -1.66. The third kappa shape index (κ3) is 2.85. The van der Waals surface area contributed by atoms with Crippen molar-refractivity contribution in [3.63, 3.8) is 0 Å². The number of hydrogen-bond acceptors (Lipinski definition) is 5. The second kappa shape index (κ2) is 5.54. The molecule has 0 atom stereocenters. The smallest absolute Gasteiger partial charge is 0.143 e. The van der Waals surface area contributed by atoms with Crippen LogP contribution in [0.3, 0.4) is 0 Å². The molecule has 1 fully saturated rings. The Morgan fingerprint density at radius 3 is 2.89 bits per heavy atom. The molecule has 2 aromatic rings. The SMILES string of the molecule is Clc1ccc(-n2cnnn2)cc1NC1CCOCC1. The van der Waals surface area contributed by atoms with Crippen molar-refractivity contribution in [3.8, 4) is 5.69 Å². The lowest BCUT2D eigenvalue weighted by Crippen LogP contribution is -2.28. The maximum atomic E-state index is 6.22. The first-order valence-corrected chi connectivity index (χ1v) is 6.58. The van der Waals surface area contributed by atoms with Gasteiger partial charge in [0.25, 0.3) is 0 Å². The zero-order valence-corrected chi connectivity index (χ0v) is 11.0. The van der Waals surface area contributed by atoms with Gasteiger partial charge in [0.2, 0.25) is 0 Å². The highest BCUT2D eigenvalue weighted by Crippen LogP contribution is 2.26. The molecule has 1 aliphatic rings. The Morgan fingerprint density at radius 1 is 1.32 bits per heavy atom. The molecule has 0 unspecified atom stereocenters. The number of tetrazole rings is 1. The predicted octanol–water partition coefficient (Wildman–Crippen LogP) is 1.91. The van der Waals surface area contributed by atoms with Gasteiger partial charge in [-0.25, -0.2) is 4.68 Å². The third-order valence-corrected chi connectivity index (χ3v) is 3.47. The van der Waals surface area contributed by atoms with Gasteiger partial charge in [-0.2, -0.15) is 0 Å². The first-order valence-electron chi connectivity index (χ1n) is 6.20. The molecule has 6 nitrogen and oxygen atoms in total. The van der Waals surface area contributed by atoms with Crippen LogP contribution in [-0.4, -0.2) is 39.5 Å². The number of ether oxygens (including phenoxy) is 1. The van der Waals surface area contributed by atoms with Crippen molar-refractivity contribution in [2.24, 2.45) is 0 Å². The molecule has 0 bridgehead atoms. The van der Waals surface area contributed by atoms with E-state index in [4.69, 9.17) is 16.3 Å². The number of anilines is 1. The molecule has 7 heteroatoms. The predicted molar refractivity (Wildman–Crippen MR) is 71.6 cm³/mol. The Kier molecular flexibility index (Phi) is 3.61. The van der Waals surface area contributed by atoms with Gasteiger partial charge in [-0.3, -0.25) is 0 Å². The Labute approximate surface area is 115 Å². The van der Waals surface area contributed by atoms with E-state index in [0.29, 0.717) is 11.1 Å². The molecule has 0 saturated carbocycles. The number of halogens is 1. The van der Waals surface area contributed by atoms with E-state index in [1.54, 1.807) is 11.0 Å². The molecule has 1 N–H and O–H groups in total. The molecule has 0 spiro atoms. The topological polar surface area (TPSA) is 64.9 Å². The Bertz CT molecular complexity index is 539. The third-order valence-electron chi connectivity index (χ3n) is 3.14. The van der Waals surface area contributed by atoms with Crippen LogP contribution in [0, 0.1) is 0 Å². The van der Waals surface area contributed by atoms with Crippen molar-refractivity contribution >= 4 is 17.3 Å². The number of nitrogens with one attached hydrogen (secondary N) is 1. The summed E-state index contributed by atoms with van der Waals surface area (Å²) in [4.78, 5) is 0. The minimum absolute atomic E-state index is 0.398. The maximum Gasteiger partial charge on any atom is 0.143 e. The zero-order valence-electron chi connectivity index (χ0n) is 10.3. The number of benzene rings is 1. The lowest BCUT2D eigenvalue weighted by atomic mass is 10.1. The van der Waals surface area contributed by atoms with E-state index in [-0.39, 0.29) is 0 Å². The fraction of sp³-hybridized carbons (Fsp3) is 0.417. The van der Waals surface area contributed by atoms with Gasteiger partial charge < -0.3 is 10.1 Å². The summed E-state index contributed by atoms with van der Waals surface area (Å²) in [7, 11) is 0. The fourth-order valence-corrected chi connectivity index (χ4v) is 2.28. The molecule has 1 aromatic carbocycles. The van der Waals surface area contributed by atoms with Crippen LogP contribution in [-0.2, 0) is 4.74 Å². The molecule has 1 saturated heterocycles. The van der Waals surface area contributed by atoms with Gasteiger partial charge in [-0.05, 0) is 41.5 Å². The molecule has 3 rings (SSSR count). The molecule has 1 aliphatic heterocycles. The summed E-state index contributed by atoms with van der Waals surface area (Å²) in [6.07, 6.45) is 3.54. The summed E-state index contributed by atoms with van der Waals surface area (Å²) in [5.41, 5.74) is 1.78. The van der Waals surface area contributed by atoms with Crippen molar-refractivity contribution in [3.05, 3.63) is 29.5 Å². The van der Waals surface area contributed by atoms with Gasteiger partial charge in [-0.1, -0.05) is 11.6 Å². The maximum absolute atomic E-state index is 6.22. The average molecular weight is 280 g/mol. The van der Waals surface area contributed by atoms with Crippen molar-refractivity contribution in [2.45, 2.75) is 18.9 Å². The summed E-state index contributed by atoms with van der Waals surface area (Å²) in [5, 5.41) is 15.3. The van der Waals surface area contributed by atoms with Crippen molar-refractivity contribution < 1.29 is 4.74 Å². The van der Waals surface area contributed by atoms with E-state index in [1.807, 2.05) is 18.2 Å². The monoisotopic (exact) mass is 279 g/mol. The second-order valence-electron chi connectivity index (χ2n) is 4.45. The highest BCUT2D eigenvalue weighted by atomic mass is 35.5.